The minimum atomic E-state index is -3.75. The van der Waals surface area contributed by atoms with E-state index in [-0.39, 0.29) is 17.4 Å². The second-order valence-electron chi connectivity index (χ2n) is 5.48. The highest BCUT2D eigenvalue weighted by molar-refractivity contribution is 7.89. The van der Waals surface area contributed by atoms with Gasteiger partial charge in [-0.25, -0.2) is 13.1 Å². The van der Waals surface area contributed by atoms with Crippen molar-refractivity contribution in [3.05, 3.63) is 29.8 Å². The molecule has 3 rings (SSSR count). The van der Waals surface area contributed by atoms with E-state index in [1.54, 1.807) is 6.07 Å². The number of hydrogen-bond acceptors (Lipinski definition) is 5. The van der Waals surface area contributed by atoms with Crippen LogP contribution in [0.15, 0.2) is 29.2 Å². The van der Waals surface area contributed by atoms with E-state index in [1.807, 2.05) is 0 Å². The van der Waals surface area contributed by atoms with Gasteiger partial charge in [0.1, 0.15) is 0 Å². The number of sulfonamides is 1. The first-order valence-electron chi connectivity index (χ1n) is 7.04. The van der Waals surface area contributed by atoms with Crippen LogP contribution in [0.1, 0.15) is 18.4 Å². The third-order valence-corrected chi connectivity index (χ3v) is 5.26. The van der Waals surface area contributed by atoms with Gasteiger partial charge in [0.2, 0.25) is 10.0 Å². The first-order chi connectivity index (χ1) is 10.4. The summed E-state index contributed by atoms with van der Waals surface area (Å²) < 4.78 is 38.4. The average Bonchev–Trinajstić information content (AvgIpc) is 2.84. The fourth-order valence-corrected chi connectivity index (χ4v) is 4.04. The molecule has 2 bridgehead atoms. The van der Waals surface area contributed by atoms with Crippen LogP contribution in [0, 0.1) is 0 Å². The van der Waals surface area contributed by atoms with E-state index in [2.05, 4.69) is 4.72 Å². The first-order valence-corrected chi connectivity index (χ1v) is 8.52. The van der Waals surface area contributed by atoms with Crippen LogP contribution in [0.2, 0.25) is 0 Å². The van der Waals surface area contributed by atoms with Gasteiger partial charge >= 0.3 is 5.97 Å². The van der Waals surface area contributed by atoms with Gasteiger partial charge in [-0.2, -0.15) is 0 Å². The summed E-state index contributed by atoms with van der Waals surface area (Å²) in [7, 11) is -3.75. The number of hydrogen-bond donors (Lipinski definition) is 2. The first kappa shape index (κ1) is 15.4. The van der Waals surface area contributed by atoms with Crippen molar-refractivity contribution in [2.75, 3.05) is 6.61 Å². The number of carbonyl (C=O) groups is 1. The normalized spacial score (nSPS) is 27.7. The molecule has 0 aliphatic carbocycles. The van der Waals surface area contributed by atoms with Gasteiger partial charge in [-0.05, 0) is 30.5 Å². The summed E-state index contributed by atoms with van der Waals surface area (Å²) in [6.07, 6.45) is 0.704. The molecular formula is C14H17NO6S. The Hall–Kier alpha value is -1.48. The maximum Gasteiger partial charge on any atom is 0.307 e. The Balaban J connectivity index is 1.76. The molecule has 2 fully saturated rings. The summed E-state index contributed by atoms with van der Waals surface area (Å²) in [5.41, 5.74) is 0.437. The molecule has 8 heteroatoms. The molecule has 2 saturated heterocycles. The van der Waals surface area contributed by atoms with Crippen molar-refractivity contribution < 1.29 is 27.8 Å². The quantitative estimate of drug-likeness (QED) is 0.816. The maximum atomic E-state index is 12.4. The summed E-state index contributed by atoms with van der Waals surface area (Å²) in [4.78, 5) is 10.8. The Morgan fingerprint density at radius 1 is 1.36 bits per heavy atom. The number of fused-ring (bicyclic) bond motifs is 2. The Morgan fingerprint density at radius 2 is 2.18 bits per heavy atom. The number of rotatable bonds is 5. The fourth-order valence-electron chi connectivity index (χ4n) is 2.71. The third-order valence-electron chi connectivity index (χ3n) is 3.77. The molecule has 0 unspecified atom stereocenters. The van der Waals surface area contributed by atoms with Crippen molar-refractivity contribution in [2.45, 2.75) is 42.6 Å². The smallest absolute Gasteiger partial charge is 0.307 e. The third kappa shape index (κ3) is 3.30. The zero-order chi connectivity index (χ0) is 15.7. The van der Waals surface area contributed by atoms with Gasteiger partial charge < -0.3 is 14.6 Å². The van der Waals surface area contributed by atoms with Crippen LogP contribution in [-0.2, 0) is 30.7 Å². The van der Waals surface area contributed by atoms with Gasteiger partial charge in [0, 0.05) is 0 Å². The Kier molecular flexibility index (Phi) is 4.18. The summed E-state index contributed by atoms with van der Waals surface area (Å²) in [6, 6.07) is 5.51. The molecule has 0 amide bonds. The standard InChI is InChI=1S/C14H17NO6S/c16-13(17)7-9-2-1-3-11(6-9)22(18,19)15-12-5-4-10-8-20-14(12)21-10/h1-3,6,10,12,14-15H,4-5,7-8H2,(H,16,17)/t10-,12+,14+/m0/s1. The zero-order valence-corrected chi connectivity index (χ0v) is 12.6. The van der Waals surface area contributed by atoms with Crippen molar-refractivity contribution >= 4 is 16.0 Å². The lowest BCUT2D eigenvalue weighted by Crippen LogP contribution is -2.46. The van der Waals surface area contributed by atoms with Gasteiger partial charge in [0.25, 0.3) is 0 Å². The van der Waals surface area contributed by atoms with Crippen LogP contribution in [0.4, 0.5) is 0 Å². The molecule has 22 heavy (non-hydrogen) atoms. The molecule has 0 saturated carbocycles. The van der Waals surface area contributed by atoms with Gasteiger partial charge in [-0.1, -0.05) is 12.1 Å². The topological polar surface area (TPSA) is 102 Å². The van der Waals surface area contributed by atoms with Crippen LogP contribution in [0.5, 0.6) is 0 Å². The Labute approximate surface area is 128 Å². The molecule has 0 spiro atoms. The van der Waals surface area contributed by atoms with E-state index < -0.39 is 28.3 Å². The fraction of sp³-hybridized carbons (Fsp3) is 0.500. The van der Waals surface area contributed by atoms with Crippen molar-refractivity contribution in [1.82, 2.24) is 4.72 Å². The molecule has 2 aliphatic rings. The van der Waals surface area contributed by atoms with E-state index in [1.165, 1.54) is 18.2 Å². The van der Waals surface area contributed by atoms with Crippen LogP contribution in [0.25, 0.3) is 0 Å². The SMILES string of the molecule is O=C(O)Cc1cccc(S(=O)(=O)N[C@@H]2CC[C@H]3CO[C@@H]2O3)c1. The van der Waals surface area contributed by atoms with E-state index in [4.69, 9.17) is 14.6 Å². The minimum Gasteiger partial charge on any atom is -0.481 e. The number of nitrogens with one attached hydrogen (secondary N) is 1. The minimum absolute atomic E-state index is 0.0476. The molecular weight excluding hydrogens is 310 g/mol. The Bertz CT molecular complexity index is 674. The lowest BCUT2D eigenvalue weighted by molar-refractivity contribution is -0.136. The molecule has 3 atom stereocenters. The second kappa shape index (κ2) is 5.96. The number of carboxylic acids is 1. The predicted octanol–water partition coefficient (Wildman–Crippen LogP) is 0.496. The van der Waals surface area contributed by atoms with E-state index in [0.717, 1.165) is 6.42 Å². The van der Waals surface area contributed by atoms with Crippen molar-refractivity contribution in [3.63, 3.8) is 0 Å². The monoisotopic (exact) mass is 327 g/mol. The second-order valence-corrected chi connectivity index (χ2v) is 7.20. The average molecular weight is 327 g/mol. The largest absolute Gasteiger partial charge is 0.481 e. The highest BCUT2D eigenvalue weighted by atomic mass is 32.2. The molecule has 2 N–H and O–H groups in total. The lowest BCUT2D eigenvalue weighted by atomic mass is 10.1. The van der Waals surface area contributed by atoms with E-state index >= 15 is 0 Å². The molecule has 2 heterocycles. The molecule has 0 radical (unpaired) electrons. The Morgan fingerprint density at radius 3 is 2.95 bits per heavy atom. The summed E-state index contributed by atoms with van der Waals surface area (Å²) in [6.45, 7) is 0.497. The number of ether oxygens (including phenoxy) is 2. The van der Waals surface area contributed by atoms with Crippen molar-refractivity contribution in [3.8, 4) is 0 Å². The van der Waals surface area contributed by atoms with Crippen molar-refractivity contribution in [1.29, 1.82) is 0 Å². The molecule has 2 aliphatic heterocycles. The van der Waals surface area contributed by atoms with E-state index in [0.29, 0.717) is 18.6 Å². The van der Waals surface area contributed by atoms with Crippen LogP contribution in [-0.4, -0.2) is 44.5 Å². The van der Waals surface area contributed by atoms with Crippen LogP contribution < -0.4 is 4.72 Å². The van der Waals surface area contributed by atoms with Gasteiger partial charge in [-0.15, -0.1) is 0 Å². The van der Waals surface area contributed by atoms with Crippen LogP contribution >= 0.6 is 0 Å². The van der Waals surface area contributed by atoms with Crippen LogP contribution in [0.3, 0.4) is 0 Å². The maximum absolute atomic E-state index is 12.4. The van der Waals surface area contributed by atoms with E-state index in [9.17, 15) is 13.2 Å². The predicted molar refractivity (Wildman–Crippen MR) is 75.7 cm³/mol. The summed E-state index contributed by atoms with van der Waals surface area (Å²) in [5.74, 6) is -1.01. The van der Waals surface area contributed by atoms with Crippen molar-refractivity contribution in [2.24, 2.45) is 0 Å². The highest BCUT2D eigenvalue weighted by Crippen LogP contribution is 2.28. The van der Waals surface area contributed by atoms with Gasteiger partial charge in [0.05, 0.1) is 30.1 Å². The van der Waals surface area contributed by atoms with Gasteiger partial charge in [-0.3, -0.25) is 4.79 Å². The molecule has 120 valence electrons. The number of aliphatic carboxylic acids is 1. The highest BCUT2D eigenvalue weighted by Gasteiger charge is 2.39. The molecule has 1 aromatic rings. The number of carboxylic acid groups (broad SMARTS) is 1. The van der Waals surface area contributed by atoms with Gasteiger partial charge in [0.15, 0.2) is 6.29 Å². The molecule has 1 aromatic carbocycles. The molecule has 0 aromatic heterocycles. The zero-order valence-electron chi connectivity index (χ0n) is 11.8. The molecule has 7 nitrogen and oxygen atoms in total. The summed E-state index contributed by atoms with van der Waals surface area (Å²) >= 11 is 0. The number of benzene rings is 1. The summed E-state index contributed by atoms with van der Waals surface area (Å²) in [5, 5.41) is 8.79. The lowest BCUT2D eigenvalue weighted by Gasteiger charge is -2.27.